The van der Waals surface area contributed by atoms with Crippen LogP contribution < -0.4 is 21.7 Å². The van der Waals surface area contributed by atoms with Gasteiger partial charge in [0, 0.05) is 6.42 Å². The number of aliphatic carboxylic acids is 2. The van der Waals surface area contributed by atoms with Gasteiger partial charge in [0.1, 0.15) is 18.1 Å². The SMILES string of the molecule is CSCCC(NC(=O)C(CO)NC(=O)C(N)Cc1ccccc1)C(=O)NC(CCC(=O)O)C(=O)O. The molecule has 13 heteroatoms. The highest BCUT2D eigenvalue weighted by Crippen LogP contribution is 2.06. The van der Waals surface area contributed by atoms with Crippen molar-refractivity contribution < 1.29 is 39.3 Å². The molecule has 35 heavy (non-hydrogen) atoms. The van der Waals surface area contributed by atoms with E-state index >= 15 is 0 Å². The van der Waals surface area contributed by atoms with E-state index in [0.29, 0.717) is 5.75 Å². The van der Waals surface area contributed by atoms with Gasteiger partial charge in [-0.2, -0.15) is 11.8 Å². The van der Waals surface area contributed by atoms with Crippen molar-refractivity contribution in [3.8, 4) is 0 Å². The zero-order valence-electron chi connectivity index (χ0n) is 19.3. The molecule has 194 valence electrons. The molecule has 3 amide bonds. The summed E-state index contributed by atoms with van der Waals surface area (Å²) < 4.78 is 0. The number of carbonyl (C=O) groups excluding carboxylic acids is 3. The molecule has 0 radical (unpaired) electrons. The van der Waals surface area contributed by atoms with Crippen molar-refractivity contribution in [1.82, 2.24) is 16.0 Å². The number of hydrogen-bond acceptors (Lipinski definition) is 8. The highest BCUT2D eigenvalue weighted by atomic mass is 32.2. The lowest BCUT2D eigenvalue weighted by molar-refractivity contribution is -0.143. The van der Waals surface area contributed by atoms with Crippen molar-refractivity contribution in [2.45, 2.75) is 49.9 Å². The maximum Gasteiger partial charge on any atom is 0.326 e. The standard InChI is InChI=1S/C22H32N4O8S/c1-35-10-9-15(20(31)25-16(22(33)34)7-8-18(28)29)24-21(32)17(12-27)26-19(30)14(23)11-13-5-3-2-4-6-13/h2-6,14-17,27H,7-12,23H2,1H3,(H,24,32)(H,25,31)(H,26,30)(H,28,29)(H,33,34). The summed E-state index contributed by atoms with van der Waals surface area (Å²) in [6.45, 7) is -0.761. The summed E-state index contributed by atoms with van der Waals surface area (Å²) in [5, 5.41) is 34.7. The van der Waals surface area contributed by atoms with E-state index in [1.807, 2.05) is 6.07 Å². The molecule has 0 aliphatic carbocycles. The van der Waals surface area contributed by atoms with Gasteiger partial charge in [0.15, 0.2) is 0 Å². The lowest BCUT2D eigenvalue weighted by Crippen LogP contribution is -2.58. The summed E-state index contributed by atoms with van der Waals surface area (Å²) in [5.74, 6) is -4.55. The van der Waals surface area contributed by atoms with Crippen molar-refractivity contribution >= 4 is 41.4 Å². The Labute approximate surface area is 207 Å². The second-order valence-corrected chi connectivity index (χ2v) is 8.70. The highest BCUT2D eigenvalue weighted by Gasteiger charge is 2.30. The van der Waals surface area contributed by atoms with Crippen LogP contribution in [0.2, 0.25) is 0 Å². The molecular formula is C22H32N4O8S. The zero-order valence-corrected chi connectivity index (χ0v) is 20.1. The molecule has 0 saturated heterocycles. The number of thioether (sulfide) groups is 1. The second kappa shape index (κ2) is 15.7. The number of amides is 3. The quantitative estimate of drug-likeness (QED) is 0.139. The van der Waals surface area contributed by atoms with E-state index in [1.165, 1.54) is 11.8 Å². The van der Waals surface area contributed by atoms with Crippen LogP contribution in [0, 0.1) is 0 Å². The van der Waals surface area contributed by atoms with Crippen molar-refractivity contribution in [3.05, 3.63) is 35.9 Å². The number of carboxylic acids is 2. The van der Waals surface area contributed by atoms with Crippen LogP contribution in [-0.2, 0) is 30.4 Å². The number of nitrogens with two attached hydrogens (primary N) is 1. The monoisotopic (exact) mass is 512 g/mol. The highest BCUT2D eigenvalue weighted by molar-refractivity contribution is 7.98. The Morgan fingerprint density at radius 3 is 2.00 bits per heavy atom. The van der Waals surface area contributed by atoms with Crippen molar-refractivity contribution in [2.75, 3.05) is 18.6 Å². The fraction of sp³-hybridized carbons (Fsp3) is 0.500. The van der Waals surface area contributed by atoms with Gasteiger partial charge < -0.3 is 37.0 Å². The number of benzene rings is 1. The number of hydrogen-bond donors (Lipinski definition) is 7. The largest absolute Gasteiger partial charge is 0.481 e. The first-order valence-electron chi connectivity index (χ1n) is 10.8. The first-order valence-corrected chi connectivity index (χ1v) is 12.2. The van der Waals surface area contributed by atoms with Crippen LogP contribution in [0.25, 0.3) is 0 Å². The Hall–Kier alpha value is -3.16. The third kappa shape index (κ3) is 11.2. The number of nitrogens with one attached hydrogen (secondary N) is 3. The molecule has 0 heterocycles. The minimum atomic E-state index is -1.46. The van der Waals surface area contributed by atoms with Crippen LogP contribution in [0.5, 0.6) is 0 Å². The van der Waals surface area contributed by atoms with Gasteiger partial charge in [-0.3, -0.25) is 19.2 Å². The summed E-state index contributed by atoms with van der Waals surface area (Å²) in [5.41, 5.74) is 6.72. The fourth-order valence-electron chi connectivity index (χ4n) is 3.01. The molecule has 0 saturated carbocycles. The lowest BCUT2D eigenvalue weighted by atomic mass is 10.1. The topological polar surface area (TPSA) is 208 Å². The van der Waals surface area contributed by atoms with Gasteiger partial charge in [0.25, 0.3) is 0 Å². The van der Waals surface area contributed by atoms with Crippen LogP contribution in [-0.4, -0.2) is 87.8 Å². The first-order chi connectivity index (χ1) is 16.6. The molecule has 0 aliphatic heterocycles. The maximum atomic E-state index is 12.7. The van der Waals surface area contributed by atoms with Crippen LogP contribution in [0.4, 0.5) is 0 Å². The minimum Gasteiger partial charge on any atom is -0.481 e. The van der Waals surface area contributed by atoms with E-state index < -0.39 is 66.9 Å². The first kappa shape index (κ1) is 29.9. The Balaban J connectivity index is 2.81. The summed E-state index contributed by atoms with van der Waals surface area (Å²) in [6, 6.07) is 3.97. The van der Waals surface area contributed by atoms with Crippen molar-refractivity contribution in [2.24, 2.45) is 5.73 Å². The molecule has 1 rings (SSSR count). The molecule has 0 bridgehead atoms. The van der Waals surface area contributed by atoms with Gasteiger partial charge in [-0.15, -0.1) is 0 Å². The average molecular weight is 513 g/mol. The molecule has 1 aromatic carbocycles. The van der Waals surface area contributed by atoms with Crippen LogP contribution in [0.1, 0.15) is 24.8 Å². The smallest absolute Gasteiger partial charge is 0.326 e. The number of aliphatic hydroxyl groups excluding tert-OH is 1. The van der Waals surface area contributed by atoms with Gasteiger partial charge in [-0.05, 0) is 36.8 Å². The predicted octanol–water partition coefficient (Wildman–Crippen LogP) is -1.29. The molecule has 0 spiro atoms. The Morgan fingerprint density at radius 1 is 0.886 bits per heavy atom. The molecule has 0 aliphatic rings. The number of aliphatic hydroxyl groups is 1. The zero-order chi connectivity index (χ0) is 26.4. The van der Waals surface area contributed by atoms with Gasteiger partial charge in [-0.25, -0.2) is 4.79 Å². The van der Waals surface area contributed by atoms with Crippen LogP contribution in [0.15, 0.2) is 30.3 Å². The van der Waals surface area contributed by atoms with Crippen LogP contribution in [0.3, 0.4) is 0 Å². The summed E-state index contributed by atoms with van der Waals surface area (Å²) in [6.07, 6.45) is 1.30. The van der Waals surface area contributed by atoms with E-state index in [1.54, 1.807) is 30.5 Å². The molecule has 12 nitrogen and oxygen atoms in total. The lowest BCUT2D eigenvalue weighted by Gasteiger charge is -2.24. The molecular weight excluding hydrogens is 480 g/mol. The van der Waals surface area contributed by atoms with E-state index in [9.17, 15) is 34.2 Å². The maximum absolute atomic E-state index is 12.7. The van der Waals surface area contributed by atoms with E-state index in [-0.39, 0.29) is 19.3 Å². The van der Waals surface area contributed by atoms with Gasteiger partial charge >= 0.3 is 11.9 Å². The molecule has 4 atom stereocenters. The third-order valence-corrected chi connectivity index (χ3v) is 5.60. The molecule has 4 unspecified atom stereocenters. The molecule has 1 aromatic rings. The minimum absolute atomic E-state index is 0.129. The Kier molecular flexibility index (Phi) is 13.4. The normalized spacial score (nSPS) is 14.1. The summed E-state index contributed by atoms with van der Waals surface area (Å²) >= 11 is 1.38. The van der Waals surface area contributed by atoms with Gasteiger partial charge in [-0.1, -0.05) is 30.3 Å². The van der Waals surface area contributed by atoms with Gasteiger partial charge in [0.05, 0.1) is 12.6 Å². The van der Waals surface area contributed by atoms with E-state index in [0.717, 1.165) is 5.56 Å². The Bertz CT molecular complexity index is 870. The third-order valence-electron chi connectivity index (χ3n) is 4.96. The summed E-state index contributed by atoms with van der Waals surface area (Å²) in [7, 11) is 0. The molecule has 0 aromatic heterocycles. The molecule has 8 N–H and O–H groups in total. The second-order valence-electron chi connectivity index (χ2n) is 7.71. The van der Waals surface area contributed by atoms with E-state index in [4.69, 9.17) is 10.8 Å². The van der Waals surface area contributed by atoms with Gasteiger partial charge in [0.2, 0.25) is 17.7 Å². The fourth-order valence-corrected chi connectivity index (χ4v) is 3.48. The average Bonchev–Trinajstić information content (AvgIpc) is 2.82. The number of carbonyl (C=O) groups is 5. The summed E-state index contributed by atoms with van der Waals surface area (Å²) in [4.78, 5) is 59.9. The number of carboxylic acid groups (broad SMARTS) is 2. The van der Waals surface area contributed by atoms with Crippen LogP contribution >= 0.6 is 11.8 Å². The van der Waals surface area contributed by atoms with Crippen molar-refractivity contribution in [3.63, 3.8) is 0 Å². The number of rotatable bonds is 16. The molecule has 0 fully saturated rings. The predicted molar refractivity (Wildman–Crippen MR) is 129 cm³/mol. The van der Waals surface area contributed by atoms with E-state index in [2.05, 4.69) is 16.0 Å². The Morgan fingerprint density at radius 2 is 1.46 bits per heavy atom. The van der Waals surface area contributed by atoms with Crippen molar-refractivity contribution in [1.29, 1.82) is 0 Å².